The Labute approximate surface area is 130 Å². The van der Waals surface area contributed by atoms with Gasteiger partial charge in [0.05, 0.1) is 0 Å². The van der Waals surface area contributed by atoms with E-state index < -0.39 is 0 Å². The van der Waals surface area contributed by atoms with Crippen molar-refractivity contribution in [2.75, 3.05) is 25.0 Å². The number of likely N-dealkylation sites (tertiary alicyclic amines) is 1. The molecule has 1 N–H and O–H groups in total. The summed E-state index contributed by atoms with van der Waals surface area (Å²) in [6.45, 7) is 13.0. The Hall–Kier alpha value is -1.02. The quantitative estimate of drug-likeness (QED) is 0.814. The molecule has 2 heteroatoms. The van der Waals surface area contributed by atoms with Crippen LogP contribution in [0.5, 0.6) is 0 Å². The SMILES string of the molecule is CCCN1CCC(C(C)Nc2ccccc2C(C)C)CC1. The van der Waals surface area contributed by atoms with Gasteiger partial charge >= 0.3 is 0 Å². The molecule has 1 fully saturated rings. The lowest BCUT2D eigenvalue weighted by Gasteiger charge is -2.35. The van der Waals surface area contributed by atoms with Gasteiger partial charge in [0.15, 0.2) is 0 Å². The van der Waals surface area contributed by atoms with Crippen molar-refractivity contribution < 1.29 is 0 Å². The van der Waals surface area contributed by atoms with Crippen LogP contribution in [0.2, 0.25) is 0 Å². The van der Waals surface area contributed by atoms with Gasteiger partial charge in [0.2, 0.25) is 0 Å². The molecule has 0 amide bonds. The van der Waals surface area contributed by atoms with Crippen LogP contribution >= 0.6 is 0 Å². The maximum atomic E-state index is 3.79. The van der Waals surface area contributed by atoms with E-state index in [-0.39, 0.29) is 0 Å². The van der Waals surface area contributed by atoms with Crippen molar-refractivity contribution in [3.63, 3.8) is 0 Å². The molecule has 2 rings (SSSR count). The lowest BCUT2D eigenvalue weighted by molar-refractivity contribution is 0.176. The number of hydrogen-bond donors (Lipinski definition) is 1. The number of nitrogens with zero attached hydrogens (tertiary/aromatic N) is 1. The van der Waals surface area contributed by atoms with E-state index in [0.717, 1.165) is 5.92 Å². The Morgan fingerprint density at radius 3 is 2.43 bits per heavy atom. The summed E-state index contributed by atoms with van der Waals surface area (Å²) in [7, 11) is 0. The van der Waals surface area contributed by atoms with Crippen LogP contribution < -0.4 is 5.32 Å². The minimum atomic E-state index is 0.564. The second kappa shape index (κ2) is 7.84. The summed E-state index contributed by atoms with van der Waals surface area (Å²) in [5, 5.41) is 3.79. The first kappa shape index (κ1) is 16.4. The van der Waals surface area contributed by atoms with Crippen LogP contribution in [0.25, 0.3) is 0 Å². The molecular formula is C19H32N2. The van der Waals surface area contributed by atoms with Crippen molar-refractivity contribution in [1.29, 1.82) is 0 Å². The first-order valence-corrected chi connectivity index (χ1v) is 8.69. The van der Waals surface area contributed by atoms with Crippen LogP contribution in [0, 0.1) is 5.92 Å². The normalized spacial score (nSPS) is 18.9. The number of nitrogens with one attached hydrogen (secondary N) is 1. The molecule has 2 nitrogen and oxygen atoms in total. The van der Waals surface area contributed by atoms with Crippen LogP contribution in [0.4, 0.5) is 5.69 Å². The smallest absolute Gasteiger partial charge is 0.0377 e. The molecule has 0 bridgehead atoms. The Morgan fingerprint density at radius 1 is 1.14 bits per heavy atom. The molecule has 0 radical (unpaired) electrons. The third kappa shape index (κ3) is 4.47. The standard InChI is InChI=1S/C19H32N2/c1-5-12-21-13-10-17(11-14-21)16(4)20-19-9-7-6-8-18(19)15(2)3/h6-9,15-17,20H,5,10-14H2,1-4H3. The van der Waals surface area contributed by atoms with Gasteiger partial charge in [0.25, 0.3) is 0 Å². The zero-order valence-corrected chi connectivity index (χ0v) is 14.2. The minimum Gasteiger partial charge on any atom is -0.382 e. The van der Waals surface area contributed by atoms with E-state index in [9.17, 15) is 0 Å². The van der Waals surface area contributed by atoms with Gasteiger partial charge in [-0.2, -0.15) is 0 Å². The highest BCUT2D eigenvalue weighted by molar-refractivity contribution is 5.53. The van der Waals surface area contributed by atoms with Crippen molar-refractivity contribution in [2.45, 2.75) is 58.9 Å². The lowest BCUT2D eigenvalue weighted by Crippen LogP contribution is -2.39. The van der Waals surface area contributed by atoms with E-state index in [1.165, 1.54) is 50.1 Å². The second-order valence-electron chi connectivity index (χ2n) is 6.85. The molecule has 21 heavy (non-hydrogen) atoms. The molecule has 1 aromatic rings. The number of rotatable bonds is 6. The Bertz CT molecular complexity index is 419. The summed E-state index contributed by atoms with van der Waals surface area (Å²) in [5.74, 6) is 1.38. The van der Waals surface area contributed by atoms with E-state index in [1.807, 2.05) is 0 Å². The molecule has 1 aliphatic heterocycles. The summed E-state index contributed by atoms with van der Waals surface area (Å²) in [4.78, 5) is 2.62. The van der Waals surface area contributed by atoms with Gasteiger partial charge in [0, 0.05) is 11.7 Å². The van der Waals surface area contributed by atoms with Crippen molar-refractivity contribution in [3.8, 4) is 0 Å². The lowest BCUT2D eigenvalue weighted by atomic mass is 9.89. The van der Waals surface area contributed by atoms with Gasteiger partial charge in [-0.15, -0.1) is 0 Å². The third-order valence-electron chi connectivity index (χ3n) is 4.85. The minimum absolute atomic E-state index is 0.564. The first-order valence-electron chi connectivity index (χ1n) is 8.69. The molecule has 0 spiro atoms. The summed E-state index contributed by atoms with van der Waals surface area (Å²) < 4.78 is 0. The summed E-state index contributed by atoms with van der Waals surface area (Å²) in [5.41, 5.74) is 2.77. The molecule has 0 saturated carbocycles. The van der Waals surface area contributed by atoms with Crippen molar-refractivity contribution in [2.24, 2.45) is 5.92 Å². The highest BCUT2D eigenvalue weighted by Gasteiger charge is 2.23. The molecule has 1 aromatic carbocycles. The van der Waals surface area contributed by atoms with E-state index in [4.69, 9.17) is 0 Å². The molecule has 0 aliphatic carbocycles. The van der Waals surface area contributed by atoms with Crippen molar-refractivity contribution >= 4 is 5.69 Å². The maximum absolute atomic E-state index is 3.79. The topological polar surface area (TPSA) is 15.3 Å². The van der Waals surface area contributed by atoms with Crippen LogP contribution in [0.1, 0.15) is 58.4 Å². The first-order chi connectivity index (χ1) is 10.1. The largest absolute Gasteiger partial charge is 0.382 e. The Balaban J connectivity index is 1.92. The molecule has 0 aromatic heterocycles. The molecule has 1 atom stereocenters. The molecule has 1 aliphatic rings. The van der Waals surface area contributed by atoms with Gasteiger partial charge in [0.1, 0.15) is 0 Å². The van der Waals surface area contributed by atoms with Gasteiger partial charge in [-0.1, -0.05) is 39.0 Å². The highest BCUT2D eigenvalue weighted by Crippen LogP contribution is 2.28. The van der Waals surface area contributed by atoms with Gasteiger partial charge in [-0.25, -0.2) is 0 Å². The molecular weight excluding hydrogens is 256 g/mol. The predicted molar refractivity (Wildman–Crippen MR) is 93.1 cm³/mol. The third-order valence-corrected chi connectivity index (χ3v) is 4.85. The van der Waals surface area contributed by atoms with Crippen LogP contribution in [-0.2, 0) is 0 Å². The molecule has 118 valence electrons. The summed E-state index contributed by atoms with van der Waals surface area (Å²) in [6, 6.07) is 9.34. The van der Waals surface area contributed by atoms with E-state index in [1.54, 1.807) is 0 Å². The van der Waals surface area contributed by atoms with E-state index in [2.05, 4.69) is 62.2 Å². The fraction of sp³-hybridized carbons (Fsp3) is 0.684. The highest BCUT2D eigenvalue weighted by atomic mass is 15.1. The number of para-hydroxylation sites is 1. The van der Waals surface area contributed by atoms with Crippen LogP contribution in [0.3, 0.4) is 0 Å². The average Bonchev–Trinajstić information content (AvgIpc) is 2.48. The number of benzene rings is 1. The van der Waals surface area contributed by atoms with Crippen molar-refractivity contribution in [3.05, 3.63) is 29.8 Å². The van der Waals surface area contributed by atoms with Crippen LogP contribution in [-0.4, -0.2) is 30.6 Å². The predicted octanol–water partition coefficient (Wildman–Crippen LogP) is 4.73. The molecule has 1 unspecified atom stereocenters. The van der Waals surface area contributed by atoms with Gasteiger partial charge in [-0.3, -0.25) is 0 Å². The van der Waals surface area contributed by atoms with E-state index in [0.29, 0.717) is 12.0 Å². The Kier molecular flexibility index (Phi) is 6.10. The summed E-state index contributed by atoms with van der Waals surface area (Å²) in [6.07, 6.45) is 3.94. The number of piperidine rings is 1. The second-order valence-corrected chi connectivity index (χ2v) is 6.85. The molecule has 1 heterocycles. The van der Waals surface area contributed by atoms with Gasteiger partial charge in [-0.05, 0) is 69.3 Å². The van der Waals surface area contributed by atoms with Crippen molar-refractivity contribution in [1.82, 2.24) is 4.90 Å². The fourth-order valence-corrected chi connectivity index (χ4v) is 3.49. The van der Waals surface area contributed by atoms with E-state index >= 15 is 0 Å². The number of anilines is 1. The van der Waals surface area contributed by atoms with Crippen LogP contribution in [0.15, 0.2) is 24.3 Å². The number of hydrogen-bond acceptors (Lipinski definition) is 2. The zero-order valence-electron chi connectivity index (χ0n) is 14.2. The average molecular weight is 288 g/mol. The van der Waals surface area contributed by atoms with Gasteiger partial charge < -0.3 is 10.2 Å². The Morgan fingerprint density at radius 2 is 1.81 bits per heavy atom. The monoisotopic (exact) mass is 288 g/mol. The summed E-state index contributed by atoms with van der Waals surface area (Å²) >= 11 is 0. The zero-order chi connectivity index (χ0) is 15.2. The fourth-order valence-electron chi connectivity index (χ4n) is 3.49. The molecule has 1 saturated heterocycles. The maximum Gasteiger partial charge on any atom is 0.0377 e.